The lowest BCUT2D eigenvalue weighted by atomic mass is 10.2. The van der Waals surface area contributed by atoms with Gasteiger partial charge in [-0.05, 0) is 29.8 Å². The molecule has 0 bridgehead atoms. The summed E-state index contributed by atoms with van der Waals surface area (Å²) in [6.07, 6.45) is 0. The van der Waals surface area contributed by atoms with Crippen LogP contribution in [0.25, 0.3) is 0 Å². The van der Waals surface area contributed by atoms with Crippen molar-refractivity contribution in [3.05, 3.63) is 58.6 Å². The van der Waals surface area contributed by atoms with Crippen LogP contribution in [0.4, 0.5) is 8.78 Å². The van der Waals surface area contributed by atoms with Crippen LogP contribution < -0.4 is 4.74 Å². The van der Waals surface area contributed by atoms with E-state index in [0.717, 1.165) is 12.1 Å². The van der Waals surface area contributed by atoms with E-state index in [1.165, 1.54) is 24.3 Å². The van der Waals surface area contributed by atoms with Gasteiger partial charge in [0.2, 0.25) is 0 Å². The molecule has 0 saturated carbocycles. The van der Waals surface area contributed by atoms with Crippen molar-refractivity contribution in [2.75, 3.05) is 0 Å². The molecule has 0 unspecified atom stereocenters. The second kappa shape index (κ2) is 5.33. The van der Waals surface area contributed by atoms with Crippen LogP contribution in [0, 0.1) is 11.6 Å². The van der Waals surface area contributed by atoms with Gasteiger partial charge in [0, 0.05) is 12.1 Å². The fraction of sp³-hybridized carbons (Fsp3) is 0.0769. The summed E-state index contributed by atoms with van der Waals surface area (Å²) in [4.78, 5) is 0. The molecule has 0 radical (unpaired) electrons. The largest absolute Gasteiger partial charge is 0.457 e. The lowest BCUT2D eigenvalue weighted by molar-refractivity contribution is 0.280. The summed E-state index contributed by atoms with van der Waals surface area (Å²) in [5.74, 6) is -0.772. The minimum Gasteiger partial charge on any atom is -0.457 e. The molecular weight excluding hydrogens is 262 g/mol. The van der Waals surface area contributed by atoms with Gasteiger partial charge >= 0.3 is 0 Å². The molecule has 1 N–H and O–H groups in total. The summed E-state index contributed by atoms with van der Waals surface area (Å²) >= 11 is 5.53. The van der Waals surface area contributed by atoms with E-state index in [2.05, 4.69) is 0 Å². The van der Waals surface area contributed by atoms with Gasteiger partial charge in [-0.25, -0.2) is 8.78 Å². The zero-order valence-corrected chi connectivity index (χ0v) is 9.92. The van der Waals surface area contributed by atoms with Gasteiger partial charge in [-0.15, -0.1) is 0 Å². The molecule has 0 atom stereocenters. The third-order valence-electron chi connectivity index (χ3n) is 2.24. The van der Waals surface area contributed by atoms with Crippen LogP contribution in [-0.4, -0.2) is 5.11 Å². The molecule has 0 aromatic heterocycles. The fourth-order valence-electron chi connectivity index (χ4n) is 1.45. The number of aliphatic hydroxyl groups is 1. The Hall–Kier alpha value is -1.65. The van der Waals surface area contributed by atoms with Crippen LogP contribution in [0.1, 0.15) is 5.56 Å². The Morgan fingerprint density at radius 2 is 1.83 bits per heavy atom. The number of hydrogen-bond donors (Lipinski definition) is 1. The molecule has 0 aliphatic heterocycles. The van der Waals surface area contributed by atoms with Crippen LogP contribution >= 0.6 is 11.6 Å². The van der Waals surface area contributed by atoms with Gasteiger partial charge in [0.15, 0.2) is 0 Å². The van der Waals surface area contributed by atoms with E-state index in [1.807, 2.05) is 0 Å². The Labute approximate surface area is 107 Å². The lowest BCUT2D eigenvalue weighted by Gasteiger charge is -2.08. The summed E-state index contributed by atoms with van der Waals surface area (Å²) in [5, 5.41) is 8.92. The number of hydrogen-bond acceptors (Lipinski definition) is 2. The average molecular weight is 271 g/mol. The molecule has 0 spiro atoms. The number of aliphatic hydroxyl groups excluding tert-OH is 1. The number of benzene rings is 2. The molecular formula is C13H9ClF2O2. The van der Waals surface area contributed by atoms with Crippen molar-refractivity contribution >= 4 is 11.6 Å². The first-order valence-electron chi connectivity index (χ1n) is 5.12. The summed E-state index contributed by atoms with van der Waals surface area (Å²) in [7, 11) is 0. The van der Waals surface area contributed by atoms with Crippen LogP contribution in [0.5, 0.6) is 11.5 Å². The summed E-state index contributed by atoms with van der Waals surface area (Å²) < 4.78 is 31.6. The third kappa shape index (κ3) is 2.97. The maximum absolute atomic E-state index is 13.2. The smallest absolute Gasteiger partial charge is 0.145 e. The van der Waals surface area contributed by atoms with Gasteiger partial charge < -0.3 is 9.84 Å². The number of ether oxygens (including phenoxy) is 1. The van der Waals surface area contributed by atoms with Gasteiger partial charge in [-0.1, -0.05) is 11.6 Å². The summed E-state index contributed by atoms with van der Waals surface area (Å²) in [5.41, 5.74) is 0.374. The van der Waals surface area contributed by atoms with Gasteiger partial charge in [-0.3, -0.25) is 0 Å². The van der Waals surface area contributed by atoms with Gasteiger partial charge in [0.25, 0.3) is 0 Å². The zero-order chi connectivity index (χ0) is 13.1. The van der Waals surface area contributed by atoms with Crippen LogP contribution in [-0.2, 0) is 6.61 Å². The molecule has 5 heteroatoms. The van der Waals surface area contributed by atoms with Crippen molar-refractivity contribution < 1.29 is 18.6 Å². The molecule has 2 aromatic carbocycles. The molecule has 0 amide bonds. The van der Waals surface area contributed by atoms with E-state index in [-0.39, 0.29) is 23.1 Å². The third-order valence-corrected chi connectivity index (χ3v) is 2.55. The quantitative estimate of drug-likeness (QED) is 0.916. The maximum atomic E-state index is 13.2. The minimum atomic E-state index is -0.618. The van der Waals surface area contributed by atoms with Crippen molar-refractivity contribution in [2.24, 2.45) is 0 Å². The fourth-order valence-corrected chi connectivity index (χ4v) is 1.56. The predicted molar refractivity (Wildman–Crippen MR) is 63.8 cm³/mol. The van der Waals surface area contributed by atoms with E-state index in [4.69, 9.17) is 21.4 Å². The van der Waals surface area contributed by atoms with E-state index in [1.54, 1.807) is 0 Å². The number of halogens is 3. The Morgan fingerprint density at radius 3 is 2.50 bits per heavy atom. The van der Waals surface area contributed by atoms with Gasteiger partial charge in [0.1, 0.15) is 23.1 Å². The van der Waals surface area contributed by atoms with Crippen molar-refractivity contribution in [1.29, 1.82) is 0 Å². The molecule has 0 heterocycles. The van der Waals surface area contributed by atoms with E-state index in [0.29, 0.717) is 5.56 Å². The SMILES string of the molecule is OCc1cc(F)cc(Oc2ccc(Cl)c(F)c2)c1. The lowest BCUT2D eigenvalue weighted by Crippen LogP contribution is -1.90. The normalized spacial score (nSPS) is 10.4. The Kier molecular flexibility index (Phi) is 3.79. The molecule has 0 saturated heterocycles. The highest BCUT2D eigenvalue weighted by Crippen LogP contribution is 2.26. The molecule has 0 fully saturated rings. The van der Waals surface area contributed by atoms with E-state index >= 15 is 0 Å². The van der Waals surface area contributed by atoms with E-state index < -0.39 is 11.6 Å². The molecule has 2 nitrogen and oxygen atoms in total. The van der Waals surface area contributed by atoms with Crippen LogP contribution in [0.2, 0.25) is 5.02 Å². The monoisotopic (exact) mass is 270 g/mol. The first kappa shape index (κ1) is 12.8. The van der Waals surface area contributed by atoms with Gasteiger partial charge in [0.05, 0.1) is 11.6 Å². The minimum absolute atomic E-state index is 0.0161. The van der Waals surface area contributed by atoms with Gasteiger partial charge in [-0.2, -0.15) is 0 Å². The highest BCUT2D eigenvalue weighted by molar-refractivity contribution is 6.30. The van der Waals surface area contributed by atoms with Crippen LogP contribution in [0.15, 0.2) is 36.4 Å². The van der Waals surface area contributed by atoms with Crippen molar-refractivity contribution in [3.63, 3.8) is 0 Å². The maximum Gasteiger partial charge on any atom is 0.145 e. The molecule has 0 aliphatic carbocycles. The molecule has 94 valence electrons. The molecule has 18 heavy (non-hydrogen) atoms. The van der Waals surface area contributed by atoms with Crippen molar-refractivity contribution in [1.82, 2.24) is 0 Å². The topological polar surface area (TPSA) is 29.5 Å². The number of rotatable bonds is 3. The zero-order valence-electron chi connectivity index (χ0n) is 9.16. The Morgan fingerprint density at radius 1 is 1.06 bits per heavy atom. The molecule has 2 aromatic rings. The second-order valence-corrected chi connectivity index (χ2v) is 4.04. The Bertz CT molecular complexity index is 573. The first-order chi connectivity index (χ1) is 8.58. The summed E-state index contributed by atoms with van der Waals surface area (Å²) in [6.45, 7) is -0.302. The highest BCUT2D eigenvalue weighted by Gasteiger charge is 2.05. The summed E-state index contributed by atoms with van der Waals surface area (Å²) in [6, 6.07) is 7.72. The highest BCUT2D eigenvalue weighted by atomic mass is 35.5. The first-order valence-corrected chi connectivity index (χ1v) is 5.49. The predicted octanol–water partition coefficient (Wildman–Crippen LogP) is 3.90. The van der Waals surface area contributed by atoms with Crippen molar-refractivity contribution in [2.45, 2.75) is 6.61 Å². The standard InChI is InChI=1S/C13H9ClF2O2/c14-12-2-1-10(6-13(12)16)18-11-4-8(7-17)3-9(15)5-11/h1-6,17H,7H2. The van der Waals surface area contributed by atoms with Crippen molar-refractivity contribution in [3.8, 4) is 11.5 Å². The molecule has 2 rings (SSSR count). The molecule has 0 aliphatic rings. The Balaban J connectivity index is 2.27. The van der Waals surface area contributed by atoms with Crippen LogP contribution in [0.3, 0.4) is 0 Å². The second-order valence-electron chi connectivity index (χ2n) is 3.63. The van der Waals surface area contributed by atoms with E-state index in [9.17, 15) is 8.78 Å². The average Bonchev–Trinajstić information content (AvgIpc) is 2.33.